The molecule has 0 spiro atoms. The summed E-state index contributed by atoms with van der Waals surface area (Å²) in [6.45, 7) is 2.08. The maximum atomic E-state index is 12.8. The fourth-order valence-electron chi connectivity index (χ4n) is 2.57. The number of methoxy groups -OCH3 is 1. The lowest BCUT2D eigenvalue weighted by molar-refractivity contribution is -0.146. The number of halogens is 1. The molecule has 2 rings (SSSR count). The SMILES string of the molecule is COC1(C(=O)NCCNC(=O)c2ccc(F)cc2)CCNCC1. The van der Waals surface area contributed by atoms with E-state index in [0.29, 0.717) is 31.5 Å². The largest absolute Gasteiger partial charge is 0.368 e. The van der Waals surface area contributed by atoms with E-state index < -0.39 is 5.60 Å². The van der Waals surface area contributed by atoms with Crippen LogP contribution in [-0.4, -0.2) is 50.7 Å². The minimum Gasteiger partial charge on any atom is -0.368 e. The predicted molar refractivity (Wildman–Crippen MR) is 83.6 cm³/mol. The molecule has 0 bridgehead atoms. The lowest BCUT2D eigenvalue weighted by Crippen LogP contribution is -2.54. The van der Waals surface area contributed by atoms with E-state index in [1.165, 1.54) is 24.3 Å². The van der Waals surface area contributed by atoms with Crippen LogP contribution in [0.5, 0.6) is 0 Å². The molecule has 3 N–H and O–H groups in total. The zero-order chi connectivity index (χ0) is 16.7. The Balaban J connectivity index is 1.75. The number of rotatable bonds is 6. The fraction of sp³-hybridized carbons (Fsp3) is 0.500. The van der Waals surface area contributed by atoms with Crippen molar-refractivity contribution in [2.75, 3.05) is 33.3 Å². The highest BCUT2D eigenvalue weighted by Crippen LogP contribution is 2.22. The number of carbonyl (C=O) groups excluding carboxylic acids is 2. The number of piperidine rings is 1. The highest BCUT2D eigenvalue weighted by atomic mass is 19.1. The average Bonchev–Trinajstić information content (AvgIpc) is 2.59. The number of hydrogen-bond acceptors (Lipinski definition) is 4. The second-order valence-electron chi connectivity index (χ2n) is 5.47. The van der Waals surface area contributed by atoms with Gasteiger partial charge in [0.15, 0.2) is 0 Å². The van der Waals surface area contributed by atoms with Gasteiger partial charge in [-0.1, -0.05) is 0 Å². The summed E-state index contributed by atoms with van der Waals surface area (Å²) in [7, 11) is 1.54. The summed E-state index contributed by atoms with van der Waals surface area (Å²) in [5, 5.41) is 8.66. The van der Waals surface area contributed by atoms with Crippen LogP contribution in [-0.2, 0) is 9.53 Å². The van der Waals surface area contributed by atoms with Crippen molar-refractivity contribution < 1.29 is 18.7 Å². The maximum absolute atomic E-state index is 12.8. The highest BCUT2D eigenvalue weighted by Gasteiger charge is 2.39. The molecular weight excluding hydrogens is 301 g/mol. The minimum atomic E-state index is -0.786. The Labute approximate surface area is 134 Å². The first kappa shape index (κ1) is 17.4. The monoisotopic (exact) mass is 323 g/mol. The molecule has 23 heavy (non-hydrogen) atoms. The summed E-state index contributed by atoms with van der Waals surface area (Å²) >= 11 is 0. The van der Waals surface area contributed by atoms with E-state index in [4.69, 9.17) is 4.74 Å². The average molecular weight is 323 g/mol. The molecule has 1 aromatic carbocycles. The van der Waals surface area contributed by atoms with Crippen molar-refractivity contribution in [3.05, 3.63) is 35.6 Å². The van der Waals surface area contributed by atoms with E-state index in [1.807, 2.05) is 0 Å². The first-order valence-electron chi connectivity index (χ1n) is 7.65. The van der Waals surface area contributed by atoms with Gasteiger partial charge in [-0.25, -0.2) is 4.39 Å². The summed E-state index contributed by atoms with van der Waals surface area (Å²) < 4.78 is 18.2. The van der Waals surface area contributed by atoms with E-state index in [2.05, 4.69) is 16.0 Å². The molecule has 0 radical (unpaired) electrons. The van der Waals surface area contributed by atoms with Gasteiger partial charge in [0.1, 0.15) is 11.4 Å². The molecule has 126 valence electrons. The Morgan fingerprint density at radius 1 is 1.17 bits per heavy atom. The maximum Gasteiger partial charge on any atom is 0.252 e. The van der Waals surface area contributed by atoms with Crippen molar-refractivity contribution in [2.24, 2.45) is 0 Å². The Bertz CT molecular complexity index is 542. The predicted octanol–water partition coefficient (Wildman–Crippen LogP) is 0.440. The van der Waals surface area contributed by atoms with Gasteiger partial charge >= 0.3 is 0 Å². The second-order valence-corrected chi connectivity index (χ2v) is 5.47. The summed E-state index contributed by atoms with van der Waals surface area (Å²) in [5.74, 6) is -0.847. The molecule has 2 amide bonds. The zero-order valence-corrected chi connectivity index (χ0v) is 13.2. The van der Waals surface area contributed by atoms with Crippen molar-refractivity contribution in [3.8, 4) is 0 Å². The van der Waals surface area contributed by atoms with Crippen LogP contribution in [0.2, 0.25) is 0 Å². The number of nitrogens with one attached hydrogen (secondary N) is 3. The molecule has 1 fully saturated rings. The smallest absolute Gasteiger partial charge is 0.252 e. The molecular formula is C16H22FN3O3. The lowest BCUT2D eigenvalue weighted by Gasteiger charge is -2.34. The summed E-state index contributed by atoms with van der Waals surface area (Å²) in [4.78, 5) is 24.1. The number of carbonyl (C=O) groups is 2. The van der Waals surface area contributed by atoms with E-state index in [0.717, 1.165) is 13.1 Å². The van der Waals surface area contributed by atoms with Crippen LogP contribution in [0.3, 0.4) is 0 Å². The van der Waals surface area contributed by atoms with Crippen LogP contribution in [0.1, 0.15) is 23.2 Å². The third-order valence-electron chi connectivity index (χ3n) is 4.02. The standard InChI is InChI=1S/C16H22FN3O3/c1-23-16(6-8-18-9-7-16)15(22)20-11-10-19-14(21)12-2-4-13(17)5-3-12/h2-5,18H,6-11H2,1H3,(H,19,21)(H,20,22). The van der Waals surface area contributed by atoms with Crippen LogP contribution >= 0.6 is 0 Å². The fourth-order valence-corrected chi connectivity index (χ4v) is 2.57. The molecule has 6 nitrogen and oxygen atoms in total. The quantitative estimate of drug-likeness (QED) is 0.664. The first-order valence-corrected chi connectivity index (χ1v) is 7.65. The third kappa shape index (κ3) is 4.49. The van der Waals surface area contributed by atoms with E-state index in [-0.39, 0.29) is 17.6 Å². The number of amides is 2. The van der Waals surface area contributed by atoms with Gasteiger partial charge in [-0.05, 0) is 50.2 Å². The molecule has 7 heteroatoms. The molecule has 1 aliphatic rings. The normalized spacial score (nSPS) is 16.6. The van der Waals surface area contributed by atoms with Gasteiger partial charge in [0.2, 0.25) is 0 Å². The molecule has 0 aliphatic carbocycles. The van der Waals surface area contributed by atoms with Gasteiger partial charge in [0, 0.05) is 25.8 Å². The summed E-state index contributed by atoms with van der Waals surface area (Å²) in [6, 6.07) is 5.29. The minimum absolute atomic E-state index is 0.155. The Hall–Kier alpha value is -1.99. The Kier molecular flexibility index (Phi) is 6.06. The van der Waals surface area contributed by atoms with Crippen LogP contribution in [0.15, 0.2) is 24.3 Å². The highest BCUT2D eigenvalue weighted by molar-refractivity contribution is 5.94. The lowest BCUT2D eigenvalue weighted by atomic mass is 9.91. The molecule has 0 atom stereocenters. The Morgan fingerprint density at radius 3 is 2.39 bits per heavy atom. The van der Waals surface area contributed by atoms with Crippen molar-refractivity contribution in [1.82, 2.24) is 16.0 Å². The molecule has 1 aromatic rings. The van der Waals surface area contributed by atoms with Crippen LogP contribution < -0.4 is 16.0 Å². The number of hydrogen-bond donors (Lipinski definition) is 3. The molecule has 0 aromatic heterocycles. The molecule has 1 heterocycles. The summed E-state index contributed by atoms with van der Waals surface area (Å²) in [5.41, 5.74) is -0.406. The molecule has 0 saturated carbocycles. The molecule has 0 unspecified atom stereocenters. The van der Waals surface area contributed by atoms with Crippen molar-refractivity contribution in [1.29, 1.82) is 0 Å². The first-order chi connectivity index (χ1) is 11.1. The van der Waals surface area contributed by atoms with Crippen LogP contribution in [0, 0.1) is 5.82 Å². The summed E-state index contributed by atoms with van der Waals surface area (Å²) in [6.07, 6.45) is 1.24. The van der Waals surface area contributed by atoms with Crippen molar-refractivity contribution in [3.63, 3.8) is 0 Å². The Morgan fingerprint density at radius 2 is 1.78 bits per heavy atom. The van der Waals surface area contributed by atoms with Gasteiger partial charge in [0.05, 0.1) is 0 Å². The van der Waals surface area contributed by atoms with E-state index in [9.17, 15) is 14.0 Å². The van der Waals surface area contributed by atoms with Gasteiger partial charge < -0.3 is 20.7 Å². The molecule has 1 aliphatic heterocycles. The zero-order valence-electron chi connectivity index (χ0n) is 13.2. The third-order valence-corrected chi connectivity index (χ3v) is 4.02. The van der Waals surface area contributed by atoms with E-state index in [1.54, 1.807) is 7.11 Å². The topological polar surface area (TPSA) is 79.5 Å². The number of benzene rings is 1. The van der Waals surface area contributed by atoms with Gasteiger partial charge in [-0.15, -0.1) is 0 Å². The van der Waals surface area contributed by atoms with Gasteiger partial charge in [0.25, 0.3) is 11.8 Å². The van der Waals surface area contributed by atoms with Gasteiger partial charge in [-0.3, -0.25) is 9.59 Å². The van der Waals surface area contributed by atoms with Crippen molar-refractivity contribution >= 4 is 11.8 Å². The molecule has 1 saturated heterocycles. The van der Waals surface area contributed by atoms with Gasteiger partial charge in [-0.2, -0.15) is 0 Å². The van der Waals surface area contributed by atoms with Crippen molar-refractivity contribution in [2.45, 2.75) is 18.4 Å². The van der Waals surface area contributed by atoms with Crippen LogP contribution in [0.4, 0.5) is 4.39 Å². The second kappa shape index (κ2) is 8.03. The van der Waals surface area contributed by atoms with E-state index >= 15 is 0 Å². The number of ether oxygens (including phenoxy) is 1. The van der Waals surface area contributed by atoms with Crippen LogP contribution in [0.25, 0.3) is 0 Å².